The van der Waals surface area contributed by atoms with Gasteiger partial charge in [-0.2, -0.15) is 0 Å². The first-order valence-corrected chi connectivity index (χ1v) is 8.00. The maximum absolute atomic E-state index is 12.9. The van der Waals surface area contributed by atoms with E-state index in [0.717, 1.165) is 23.1 Å². The number of carbonyl (C=O) groups is 1. The van der Waals surface area contributed by atoms with Crippen LogP contribution in [0.15, 0.2) is 72.8 Å². The summed E-state index contributed by atoms with van der Waals surface area (Å²) in [5, 5.41) is 0. The zero-order chi connectivity index (χ0) is 16.2. The quantitative estimate of drug-likeness (QED) is 0.585. The van der Waals surface area contributed by atoms with Crippen LogP contribution in [0.3, 0.4) is 0 Å². The van der Waals surface area contributed by atoms with Crippen LogP contribution in [0.1, 0.15) is 34.0 Å². The number of hydrogen-bond acceptors (Lipinski definition) is 1. The second-order valence-electron chi connectivity index (χ2n) is 5.69. The smallest absolute Gasteiger partial charge is 0.193 e. The molecule has 0 radical (unpaired) electrons. The van der Waals surface area contributed by atoms with E-state index in [1.807, 2.05) is 54.6 Å². The third-order valence-corrected chi connectivity index (χ3v) is 4.28. The van der Waals surface area contributed by atoms with E-state index in [4.69, 9.17) is 0 Å². The maximum atomic E-state index is 12.9. The van der Waals surface area contributed by atoms with Crippen molar-refractivity contribution >= 4 is 5.78 Å². The first kappa shape index (κ1) is 15.2. The fraction of sp³-hybridized carbons (Fsp3) is 0.136. The summed E-state index contributed by atoms with van der Waals surface area (Å²) in [6, 6.07) is 23.9. The molecule has 3 rings (SSSR count). The highest BCUT2D eigenvalue weighted by Crippen LogP contribution is 2.31. The van der Waals surface area contributed by atoms with Gasteiger partial charge in [-0.25, -0.2) is 0 Å². The van der Waals surface area contributed by atoms with Gasteiger partial charge in [0.25, 0.3) is 0 Å². The summed E-state index contributed by atoms with van der Waals surface area (Å²) in [6.45, 7) is 4.21. The van der Waals surface area contributed by atoms with Crippen LogP contribution in [0.2, 0.25) is 0 Å². The number of rotatable bonds is 4. The highest BCUT2D eigenvalue weighted by atomic mass is 16.1. The first-order chi connectivity index (χ1) is 11.2. The van der Waals surface area contributed by atoms with Gasteiger partial charge in [-0.15, -0.1) is 0 Å². The van der Waals surface area contributed by atoms with Crippen LogP contribution in [0, 0.1) is 6.92 Å². The van der Waals surface area contributed by atoms with Crippen LogP contribution in [0.25, 0.3) is 11.1 Å². The fourth-order valence-electron chi connectivity index (χ4n) is 3.06. The third kappa shape index (κ3) is 2.95. The Labute approximate surface area is 137 Å². The lowest BCUT2D eigenvalue weighted by Gasteiger charge is -2.15. The summed E-state index contributed by atoms with van der Waals surface area (Å²) in [6.07, 6.45) is 0.949. The molecule has 3 aromatic carbocycles. The van der Waals surface area contributed by atoms with E-state index in [-0.39, 0.29) is 5.78 Å². The molecule has 0 N–H and O–H groups in total. The van der Waals surface area contributed by atoms with Gasteiger partial charge >= 0.3 is 0 Å². The Morgan fingerprint density at radius 2 is 1.43 bits per heavy atom. The molecule has 3 aromatic rings. The molecule has 0 aliphatic carbocycles. The van der Waals surface area contributed by atoms with Gasteiger partial charge in [0.05, 0.1) is 0 Å². The minimum absolute atomic E-state index is 0.0861. The van der Waals surface area contributed by atoms with Crippen LogP contribution in [0.5, 0.6) is 0 Å². The molecule has 0 saturated heterocycles. The van der Waals surface area contributed by atoms with Crippen molar-refractivity contribution < 1.29 is 4.79 Å². The predicted octanol–water partition coefficient (Wildman–Crippen LogP) is 5.46. The van der Waals surface area contributed by atoms with Gasteiger partial charge in [0.15, 0.2) is 5.78 Å². The molecule has 1 nitrogen and oxygen atoms in total. The van der Waals surface area contributed by atoms with Crippen molar-refractivity contribution in [2.24, 2.45) is 0 Å². The zero-order valence-corrected chi connectivity index (χ0v) is 13.5. The molecule has 0 amide bonds. The van der Waals surface area contributed by atoms with E-state index >= 15 is 0 Å². The van der Waals surface area contributed by atoms with E-state index in [0.29, 0.717) is 0 Å². The van der Waals surface area contributed by atoms with E-state index in [1.165, 1.54) is 16.7 Å². The van der Waals surface area contributed by atoms with Crippen molar-refractivity contribution in [2.75, 3.05) is 0 Å². The van der Waals surface area contributed by atoms with Crippen LogP contribution in [-0.4, -0.2) is 5.78 Å². The van der Waals surface area contributed by atoms with E-state index in [1.54, 1.807) is 0 Å². The highest BCUT2D eigenvalue weighted by Gasteiger charge is 2.16. The minimum Gasteiger partial charge on any atom is -0.289 e. The molecule has 23 heavy (non-hydrogen) atoms. The number of hydrogen-bond donors (Lipinski definition) is 0. The molecule has 0 unspecified atom stereocenters. The molecule has 0 fully saturated rings. The Morgan fingerprint density at radius 1 is 0.826 bits per heavy atom. The number of carbonyl (C=O) groups excluding carboxylic acids is 1. The van der Waals surface area contributed by atoms with Crippen molar-refractivity contribution in [3.05, 3.63) is 95.1 Å². The van der Waals surface area contributed by atoms with Crippen LogP contribution in [0.4, 0.5) is 0 Å². The van der Waals surface area contributed by atoms with Gasteiger partial charge in [0.2, 0.25) is 0 Å². The van der Waals surface area contributed by atoms with Gasteiger partial charge in [-0.05, 0) is 35.6 Å². The van der Waals surface area contributed by atoms with Gasteiger partial charge in [-0.3, -0.25) is 4.79 Å². The van der Waals surface area contributed by atoms with Crippen molar-refractivity contribution in [3.63, 3.8) is 0 Å². The number of ketones is 1. The Morgan fingerprint density at radius 3 is 2.04 bits per heavy atom. The van der Waals surface area contributed by atoms with Crippen LogP contribution < -0.4 is 0 Å². The second kappa shape index (κ2) is 6.62. The van der Waals surface area contributed by atoms with Gasteiger partial charge in [-0.1, -0.05) is 79.7 Å². The Bertz CT molecular complexity index is 817. The third-order valence-electron chi connectivity index (χ3n) is 4.28. The molecular formula is C22H20O. The van der Waals surface area contributed by atoms with E-state index in [9.17, 15) is 4.79 Å². The Hall–Kier alpha value is -2.67. The summed E-state index contributed by atoms with van der Waals surface area (Å²) >= 11 is 0. The number of benzene rings is 3. The second-order valence-corrected chi connectivity index (χ2v) is 5.69. The molecule has 114 valence electrons. The normalized spacial score (nSPS) is 10.5. The standard InChI is InChI=1S/C22H20O/c1-3-17-14-15-20(22(23)19-12-8-5-9-13-19)16(2)21(17)18-10-6-4-7-11-18/h4-15H,3H2,1-2H3. The zero-order valence-electron chi connectivity index (χ0n) is 13.5. The van der Waals surface area contributed by atoms with Crippen LogP contribution >= 0.6 is 0 Å². The monoisotopic (exact) mass is 300 g/mol. The summed E-state index contributed by atoms with van der Waals surface area (Å²) in [5.41, 5.74) is 6.22. The van der Waals surface area contributed by atoms with Gasteiger partial charge in [0.1, 0.15) is 0 Å². The SMILES string of the molecule is CCc1ccc(C(=O)c2ccccc2)c(C)c1-c1ccccc1. The molecule has 0 aromatic heterocycles. The molecule has 0 heterocycles. The predicted molar refractivity (Wildman–Crippen MR) is 95.9 cm³/mol. The Kier molecular flexibility index (Phi) is 4.38. The van der Waals surface area contributed by atoms with Crippen molar-refractivity contribution in [2.45, 2.75) is 20.3 Å². The van der Waals surface area contributed by atoms with Crippen molar-refractivity contribution in [1.82, 2.24) is 0 Å². The molecule has 0 aliphatic heterocycles. The molecule has 0 saturated carbocycles. The number of aryl methyl sites for hydroxylation is 1. The molecule has 0 aliphatic rings. The summed E-state index contributed by atoms with van der Waals surface area (Å²) < 4.78 is 0. The molecule has 0 atom stereocenters. The van der Waals surface area contributed by atoms with Gasteiger partial charge in [0, 0.05) is 11.1 Å². The fourth-order valence-corrected chi connectivity index (χ4v) is 3.06. The summed E-state index contributed by atoms with van der Waals surface area (Å²) in [7, 11) is 0. The topological polar surface area (TPSA) is 17.1 Å². The summed E-state index contributed by atoms with van der Waals surface area (Å²) in [4.78, 5) is 12.9. The molecule has 0 spiro atoms. The molecule has 0 bridgehead atoms. The van der Waals surface area contributed by atoms with Crippen molar-refractivity contribution in [1.29, 1.82) is 0 Å². The lowest BCUT2D eigenvalue weighted by Crippen LogP contribution is -2.06. The minimum atomic E-state index is 0.0861. The van der Waals surface area contributed by atoms with E-state index in [2.05, 4.69) is 32.0 Å². The first-order valence-electron chi connectivity index (χ1n) is 8.00. The highest BCUT2D eigenvalue weighted by molar-refractivity contribution is 6.10. The summed E-state index contributed by atoms with van der Waals surface area (Å²) in [5.74, 6) is 0.0861. The molecule has 1 heteroatoms. The van der Waals surface area contributed by atoms with Crippen molar-refractivity contribution in [3.8, 4) is 11.1 Å². The van der Waals surface area contributed by atoms with Crippen LogP contribution in [-0.2, 0) is 6.42 Å². The maximum Gasteiger partial charge on any atom is 0.193 e. The Balaban J connectivity index is 2.16. The lowest BCUT2D eigenvalue weighted by atomic mass is 9.88. The largest absolute Gasteiger partial charge is 0.289 e. The average molecular weight is 300 g/mol. The van der Waals surface area contributed by atoms with E-state index < -0.39 is 0 Å². The average Bonchev–Trinajstić information content (AvgIpc) is 2.62. The van der Waals surface area contributed by atoms with Gasteiger partial charge < -0.3 is 0 Å². The lowest BCUT2D eigenvalue weighted by molar-refractivity contribution is 0.103. The molecular weight excluding hydrogens is 280 g/mol.